The Kier molecular flexibility index (Phi) is 4.64. The number of fused-ring (bicyclic) bond motifs is 1. The molecule has 1 heteroatoms. The van der Waals surface area contributed by atoms with Gasteiger partial charge in [0.25, 0.3) is 0 Å². The predicted molar refractivity (Wildman–Crippen MR) is 61.4 cm³/mol. The molecule has 1 atom stereocenters. The average molecular weight is 191 g/mol. The molecule has 1 aromatic heterocycles. The molecule has 0 amide bonds. The molecule has 1 aliphatic rings. The summed E-state index contributed by atoms with van der Waals surface area (Å²) in [6, 6.07) is 4.27. The maximum absolute atomic E-state index is 4.41. The van der Waals surface area contributed by atoms with Gasteiger partial charge in [-0.2, -0.15) is 0 Å². The van der Waals surface area contributed by atoms with Crippen LogP contribution in [0, 0.1) is 5.92 Å². The van der Waals surface area contributed by atoms with Crippen molar-refractivity contribution >= 4 is 0 Å². The predicted octanol–water partition coefficient (Wildman–Crippen LogP) is 3.62. The van der Waals surface area contributed by atoms with Gasteiger partial charge in [-0.3, -0.25) is 4.98 Å². The molecule has 0 aromatic carbocycles. The Bertz CT molecular complexity index is 241. The summed E-state index contributed by atoms with van der Waals surface area (Å²) >= 11 is 0. The molecule has 78 valence electrons. The number of pyridine rings is 1. The van der Waals surface area contributed by atoms with Crippen LogP contribution in [0.5, 0.6) is 0 Å². The standard InChI is InChI=1S/C11H15N.C2H6/c1-9-4-6-10-3-2-8-12-11(10)7-5-9;1-2/h2-3,8-9H,4-7H2,1H3;1-2H3. The normalized spacial score (nSPS) is 20.1. The second-order valence-corrected chi connectivity index (χ2v) is 3.79. The van der Waals surface area contributed by atoms with Crippen LogP contribution in [0.3, 0.4) is 0 Å². The maximum Gasteiger partial charge on any atom is 0.0435 e. The highest BCUT2D eigenvalue weighted by molar-refractivity contribution is 5.21. The maximum atomic E-state index is 4.41. The Hall–Kier alpha value is -0.850. The average Bonchev–Trinajstić information content (AvgIpc) is 2.45. The highest BCUT2D eigenvalue weighted by Gasteiger charge is 2.12. The van der Waals surface area contributed by atoms with Gasteiger partial charge in [-0.25, -0.2) is 0 Å². The van der Waals surface area contributed by atoms with E-state index in [2.05, 4.69) is 24.0 Å². The van der Waals surface area contributed by atoms with Crippen LogP contribution in [-0.2, 0) is 12.8 Å². The van der Waals surface area contributed by atoms with Gasteiger partial charge in [-0.1, -0.05) is 26.8 Å². The molecule has 2 rings (SSSR count). The molecule has 14 heavy (non-hydrogen) atoms. The van der Waals surface area contributed by atoms with Gasteiger partial charge in [0, 0.05) is 11.9 Å². The number of aryl methyl sites for hydroxylation is 2. The molecule has 0 spiro atoms. The molecule has 0 bridgehead atoms. The molecule has 1 nitrogen and oxygen atoms in total. The fourth-order valence-corrected chi connectivity index (χ4v) is 1.85. The fourth-order valence-electron chi connectivity index (χ4n) is 1.85. The molecular weight excluding hydrogens is 170 g/mol. The van der Waals surface area contributed by atoms with Crippen LogP contribution in [0.2, 0.25) is 0 Å². The van der Waals surface area contributed by atoms with E-state index in [1.54, 1.807) is 0 Å². The van der Waals surface area contributed by atoms with Gasteiger partial charge in [0.1, 0.15) is 0 Å². The zero-order chi connectivity index (χ0) is 10.4. The summed E-state index contributed by atoms with van der Waals surface area (Å²) in [7, 11) is 0. The molecule has 0 radical (unpaired) electrons. The summed E-state index contributed by atoms with van der Waals surface area (Å²) < 4.78 is 0. The van der Waals surface area contributed by atoms with Gasteiger partial charge in [0.05, 0.1) is 0 Å². The van der Waals surface area contributed by atoms with Gasteiger partial charge in [-0.15, -0.1) is 0 Å². The topological polar surface area (TPSA) is 12.9 Å². The van der Waals surface area contributed by atoms with E-state index in [0.29, 0.717) is 0 Å². The summed E-state index contributed by atoms with van der Waals surface area (Å²) in [6.45, 7) is 6.34. The van der Waals surface area contributed by atoms with Crippen molar-refractivity contribution in [3.05, 3.63) is 29.6 Å². The number of nitrogens with zero attached hydrogens (tertiary/aromatic N) is 1. The fraction of sp³-hybridized carbons (Fsp3) is 0.615. The van der Waals surface area contributed by atoms with E-state index < -0.39 is 0 Å². The van der Waals surface area contributed by atoms with Crippen LogP contribution in [0.15, 0.2) is 18.3 Å². The summed E-state index contributed by atoms with van der Waals surface area (Å²) in [6.07, 6.45) is 6.96. The zero-order valence-corrected chi connectivity index (χ0v) is 9.59. The minimum absolute atomic E-state index is 0.874. The van der Waals surface area contributed by atoms with Crippen molar-refractivity contribution in [2.45, 2.75) is 46.5 Å². The van der Waals surface area contributed by atoms with E-state index in [0.717, 1.165) is 5.92 Å². The molecule has 1 heterocycles. The van der Waals surface area contributed by atoms with Crippen molar-refractivity contribution in [1.82, 2.24) is 4.98 Å². The Morgan fingerprint density at radius 3 is 2.71 bits per heavy atom. The van der Waals surface area contributed by atoms with E-state index in [1.165, 1.54) is 36.9 Å². The third-order valence-corrected chi connectivity index (χ3v) is 2.76. The van der Waals surface area contributed by atoms with Gasteiger partial charge in [0.2, 0.25) is 0 Å². The molecular formula is C13H21N. The number of hydrogen-bond acceptors (Lipinski definition) is 1. The molecule has 0 saturated heterocycles. The van der Waals surface area contributed by atoms with E-state index in [4.69, 9.17) is 0 Å². The molecule has 1 aromatic rings. The van der Waals surface area contributed by atoms with Crippen molar-refractivity contribution in [2.24, 2.45) is 5.92 Å². The summed E-state index contributed by atoms with van der Waals surface area (Å²) in [5, 5.41) is 0. The van der Waals surface area contributed by atoms with Crippen LogP contribution in [0.1, 0.15) is 44.9 Å². The van der Waals surface area contributed by atoms with Gasteiger partial charge < -0.3 is 0 Å². The van der Waals surface area contributed by atoms with Crippen LogP contribution < -0.4 is 0 Å². The number of hydrogen-bond donors (Lipinski definition) is 0. The lowest BCUT2D eigenvalue weighted by molar-refractivity contribution is 0.509. The largest absolute Gasteiger partial charge is 0.261 e. The van der Waals surface area contributed by atoms with E-state index in [1.807, 2.05) is 20.0 Å². The highest BCUT2D eigenvalue weighted by Crippen LogP contribution is 2.22. The minimum atomic E-state index is 0.874. The molecule has 1 aliphatic carbocycles. The lowest BCUT2D eigenvalue weighted by Gasteiger charge is -2.03. The Morgan fingerprint density at radius 1 is 1.21 bits per heavy atom. The Labute approximate surface area is 87.6 Å². The summed E-state index contributed by atoms with van der Waals surface area (Å²) in [4.78, 5) is 4.41. The first-order valence-corrected chi connectivity index (χ1v) is 5.79. The van der Waals surface area contributed by atoms with Crippen molar-refractivity contribution in [3.63, 3.8) is 0 Å². The first kappa shape index (κ1) is 11.2. The summed E-state index contributed by atoms with van der Waals surface area (Å²) in [5.41, 5.74) is 2.81. The summed E-state index contributed by atoms with van der Waals surface area (Å²) in [5.74, 6) is 0.874. The molecule has 0 aliphatic heterocycles. The quantitative estimate of drug-likeness (QED) is 0.571. The molecule has 0 saturated carbocycles. The van der Waals surface area contributed by atoms with Crippen LogP contribution >= 0.6 is 0 Å². The van der Waals surface area contributed by atoms with Crippen molar-refractivity contribution < 1.29 is 0 Å². The molecule has 0 N–H and O–H groups in total. The lowest BCUT2D eigenvalue weighted by Crippen LogP contribution is -1.93. The number of rotatable bonds is 0. The van der Waals surface area contributed by atoms with Crippen molar-refractivity contribution in [2.75, 3.05) is 0 Å². The third kappa shape index (κ3) is 2.83. The molecule has 0 fully saturated rings. The Morgan fingerprint density at radius 2 is 1.93 bits per heavy atom. The van der Waals surface area contributed by atoms with Crippen LogP contribution in [0.4, 0.5) is 0 Å². The SMILES string of the molecule is CC.CC1CCc2cccnc2CC1. The first-order valence-electron chi connectivity index (χ1n) is 5.79. The van der Waals surface area contributed by atoms with E-state index >= 15 is 0 Å². The van der Waals surface area contributed by atoms with E-state index in [9.17, 15) is 0 Å². The smallest absolute Gasteiger partial charge is 0.0435 e. The second-order valence-electron chi connectivity index (χ2n) is 3.79. The van der Waals surface area contributed by atoms with E-state index in [-0.39, 0.29) is 0 Å². The lowest BCUT2D eigenvalue weighted by atomic mass is 10.0. The third-order valence-electron chi connectivity index (χ3n) is 2.76. The highest BCUT2D eigenvalue weighted by atomic mass is 14.7. The molecule has 1 unspecified atom stereocenters. The van der Waals surface area contributed by atoms with Crippen LogP contribution in [-0.4, -0.2) is 4.98 Å². The van der Waals surface area contributed by atoms with Gasteiger partial charge >= 0.3 is 0 Å². The zero-order valence-electron chi connectivity index (χ0n) is 9.59. The number of aromatic nitrogens is 1. The van der Waals surface area contributed by atoms with Gasteiger partial charge in [0.15, 0.2) is 0 Å². The van der Waals surface area contributed by atoms with Crippen molar-refractivity contribution in [3.8, 4) is 0 Å². The monoisotopic (exact) mass is 191 g/mol. The van der Waals surface area contributed by atoms with Gasteiger partial charge in [-0.05, 0) is 43.2 Å². The van der Waals surface area contributed by atoms with Crippen molar-refractivity contribution in [1.29, 1.82) is 0 Å². The Balaban J connectivity index is 0.000000461. The second kappa shape index (κ2) is 5.79. The van der Waals surface area contributed by atoms with Crippen LogP contribution in [0.25, 0.3) is 0 Å². The first-order chi connectivity index (χ1) is 6.86. The minimum Gasteiger partial charge on any atom is -0.261 e.